The molecule has 1 aliphatic rings. The first-order valence-corrected chi connectivity index (χ1v) is 9.50. The molecule has 0 spiro atoms. The lowest BCUT2D eigenvalue weighted by Gasteiger charge is -2.32. The Balaban J connectivity index is 1.55. The summed E-state index contributed by atoms with van der Waals surface area (Å²) in [5.41, 5.74) is 14.1. The van der Waals surface area contributed by atoms with E-state index in [9.17, 15) is 4.79 Å². The molecule has 0 unspecified atom stereocenters. The normalized spacial score (nSPS) is 15.1. The van der Waals surface area contributed by atoms with Gasteiger partial charge in [-0.1, -0.05) is 0 Å². The molecule has 0 atom stereocenters. The Morgan fingerprint density at radius 1 is 1.33 bits per heavy atom. The molecule has 1 fully saturated rings. The van der Waals surface area contributed by atoms with Gasteiger partial charge in [0.25, 0.3) is 5.91 Å². The fourth-order valence-electron chi connectivity index (χ4n) is 2.99. The minimum atomic E-state index is -0.302. The van der Waals surface area contributed by atoms with Crippen LogP contribution in [0.1, 0.15) is 23.3 Å². The Morgan fingerprint density at radius 2 is 2.15 bits per heavy atom. The van der Waals surface area contributed by atoms with E-state index >= 15 is 0 Å². The Labute approximate surface area is 159 Å². The minimum Gasteiger partial charge on any atom is -0.397 e. The number of nitrogens with one attached hydrogen (secondary N) is 2. The summed E-state index contributed by atoms with van der Waals surface area (Å²) in [6, 6.07) is 1.93. The number of pyridine rings is 1. The van der Waals surface area contributed by atoms with Crippen LogP contribution in [0.5, 0.6) is 0 Å². The number of carbonyl (C=O) groups is 1. The van der Waals surface area contributed by atoms with Crippen molar-refractivity contribution in [3.05, 3.63) is 35.7 Å². The van der Waals surface area contributed by atoms with Crippen molar-refractivity contribution in [1.29, 1.82) is 0 Å². The van der Waals surface area contributed by atoms with Gasteiger partial charge in [-0.25, -0.2) is 9.97 Å². The first-order chi connectivity index (χ1) is 13.1. The number of anilines is 3. The molecule has 6 N–H and O–H groups in total. The van der Waals surface area contributed by atoms with Crippen molar-refractivity contribution in [1.82, 2.24) is 20.2 Å². The summed E-state index contributed by atoms with van der Waals surface area (Å²) in [5.74, 6) is 0.401. The van der Waals surface area contributed by atoms with Gasteiger partial charge in [0, 0.05) is 36.3 Å². The standard InChI is InChI=1S/C17H20N8OS/c18-11-1-3-25(4-2-11)15-13(5-12(19)8-20-15)23-16(26)14-9-27-17(24-14)10-6-21-22-7-10/h5-9,11H,1-4,18-19H2,(H,21,22)(H,23,26). The van der Waals surface area contributed by atoms with Crippen LogP contribution in [0.3, 0.4) is 0 Å². The van der Waals surface area contributed by atoms with Crippen LogP contribution in [0, 0.1) is 0 Å². The molecule has 9 nitrogen and oxygen atoms in total. The number of H-pyrrole nitrogens is 1. The maximum atomic E-state index is 12.7. The van der Waals surface area contributed by atoms with E-state index < -0.39 is 0 Å². The Kier molecular flexibility index (Phi) is 4.73. The van der Waals surface area contributed by atoms with E-state index in [-0.39, 0.29) is 11.9 Å². The topological polar surface area (TPSA) is 139 Å². The molecule has 0 aliphatic carbocycles. The van der Waals surface area contributed by atoms with E-state index in [1.54, 1.807) is 30.0 Å². The lowest BCUT2D eigenvalue weighted by molar-refractivity contribution is 0.102. The van der Waals surface area contributed by atoms with Crippen LogP contribution in [-0.2, 0) is 0 Å². The molecule has 1 saturated heterocycles. The maximum Gasteiger partial charge on any atom is 0.275 e. The van der Waals surface area contributed by atoms with Crippen LogP contribution < -0.4 is 21.7 Å². The van der Waals surface area contributed by atoms with Crippen molar-refractivity contribution in [2.75, 3.05) is 29.0 Å². The summed E-state index contributed by atoms with van der Waals surface area (Å²) in [7, 11) is 0. The number of amides is 1. The number of aromatic nitrogens is 4. The van der Waals surface area contributed by atoms with Crippen LogP contribution in [0.25, 0.3) is 10.6 Å². The molecule has 10 heteroatoms. The van der Waals surface area contributed by atoms with Crippen molar-refractivity contribution in [3.63, 3.8) is 0 Å². The number of rotatable bonds is 4. The van der Waals surface area contributed by atoms with Gasteiger partial charge < -0.3 is 21.7 Å². The number of nitrogens with zero attached hydrogens (tertiary/aromatic N) is 4. The highest BCUT2D eigenvalue weighted by atomic mass is 32.1. The van der Waals surface area contributed by atoms with Crippen molar-refractivity contribution in [2.45, 2.75) is 18.9 Å². The number of piperidine rings is 1. The van der Waals surface area contributed by atoms with E-state index in [2.05, 4.69) is 30.4 Å². The van der Waals surface area contributed by atoms with Gasteiger partial charge in [-0.15, -0.1) is 11.3 Å². The van der Waals surface area contributed by atoms with Crippen molar-refractivity contribution < 1.29 is 4.79 Å². The average Bonchev–Trinajstić information content (AvgIpc) is 3.34. The van der Waals surface area contributed by atoms with Crippen LogP contribution in [-0.4, -0.2) is 45.2 Å². The van der Waals surface area contributed by atoms with Crippen LogP contribution in [0.4, 0.5) is 17.2 Å². The number of hydrogen-bond donors (Lipinski definition) is 4. The summed E-state index contributed by atoms with van der Waals surface area (Å²) in [4.78, 5) is 23.6. The molecule has 0 saturated carbocycles. The monoisotopic (exact) mass is 384 g/mol. The highest BCUT2D eigenvalue weighted by molar-refractivity contribution is 7.13. The van der Waals surface area contributed by atoms with Gasteiger partial charge >= 0.3 is 0 Å². The largest absolute Gasteiger partial charge is 0.397 e. The van der Waals surface area contributed by atoms with Crippen molar-refractivity contribution in [3.8, 4) is 10.6 Å². The minimum absolute atomic E-state index is 0.212. The third-order valence-corrected chi connectivity index (χ3v) is 5.35. The Hall–Kier alpha value is -2.98. The highest BCUT2D eigenvalue weighted by Crippen LogP contribution is 2.29. The van der Waals surface area contributed by atoms with E-state index in [1.165, 1.54) is 11.3 Å². The molecular weight excluding hydrogens is 364 g/mol. The number of aromatic amines is 1. The van der Waals surface area contributed by atoms with Gasteiger partial charge in [0.2, 0.25) is 0 Å². The summed E-state index contributed by atoms with van der Waals surface area (Å²) < 4.78 is 0. The van der Waals surface area contributed by atoms with Crippen LogP contribution in [0.2, 0.25) is 0 Å². The van der Waals surface area contributed by atoms with E-state index in [0.29, 0.717) is 22.9 Å². The van der Waals surface area contributed by atoms with Crippen LogP contribution >= 0.6 is 11.3 Å². The molecule has 4 heterocycles. The van der Waals surface area contributed by atoms with E-state index in [1.807, 2.05) is 0 Å². The zero-order valence-electron chi connectivity index (χ0n) is 14.6. The van der Waals surface area contributed by atoms with Gasteiger partial charge in [-0.2, -0.15) is 5.10 Å². The second-order valence-electron chi connectivity index (χ2n) is 6.44. The van der Waals surface area contributed by atoms with E-state index in [0.717, 1.165) is 36.5 Å². The maximum absolute atomic E-state index is 12.7. The summed E-state index contributed by atoms with van der Waals surface area (Å²) in [6.07, 6.45) is 6.78. The third-order valence-electron chi connectivity index (χ3n) is 4.46. The molecule has 3 aromatic heterocycles. The zero-order valence-corrected chi connectivity index (χ0v) is 15.4. The number of carbonyl (C=O) groups excluding carboxylic acids is 1. The molecule has 140 valence electrons. The lowest BCUT2D eigenvalue weighted by Crippen LogP contribution is -2.40. The molecule has 1 amide bonds. The number of nitrogen functional groups attached to an aromatic ring is 1. The predicted molar refractivity (Wildman–Crippen MR) is 106 cm³/mol. The first kappa shape index (κ1) is 17.4. The second kappa shape index (κ2) is 7.33. The highest BCUT2D eigenvalue weighted by Gasteiger charge is 2.22. The number of nitrogens with two attached hydrogens (primary N) is 2. The molecule has 0 aromatic carbocycles. The first-order valence-electron chi connectivity index (χ1n) is 8.62. The summed E-state index contributed by atoms with van der Waals surface area (Å²) >= 11 is 1.39. The molecule has 0 bridgehead atoms. The summed E-state index contributed by atoms with van der Waals surface area (Å²) in [6.45, 7) is 1.59. The summed E-state index contributed by atoms with van der Waals surface area (Å²) in [5, 5.41) is 12.0. The molecule has 27 heavy (non-hydrogen) atoms. The quantitative estimate of drug-likeness (QED) is 0.537. The molecule has 3 aromatic rings. The zero-order chi connectivity index (χ0) is 18.8. The smallest absolute Gasteiger partial charge is 0.275 e. The third kappa shape index (κ3) is 3.76. The SMILES string of the molecule is Nc1cnc(N2CCC(N)CC2)c(NC(=O)c2csc(-c3cn[nH]c3)n2)c1. The van der Waals surface area contributed by atoms with Crippen molar-refractivity contribution in [2.24, 2.45) is 5.73 Å². The van der Waals surface area contributed by atoms with Gasteiger partial charge in [0.05, 0.1) is 23.8 Å². The Bertz CT molecular complexity index is 930. The molecular formula is C17H20N8OS. The number of hydrogen-bond acceptors (Lipinski definition) is 8. The molecule has 1 aliphatic heterocycles. The lowest BCUT2D eigenvalue weighted by atomic mass is 10.1. The van der Waals surface area contributed by atoms with Gasteiger partial charge in [-0.05, 0) is 18.9 Å². The molecule has 4 rings (SSSR count). The fraction of sp³-hybridized carbons (Fsp3) is 0.294. The van der Waals surface area contributed by atoms with Gasteiger partial charge in [0.15, 0.2) is 5.82 Å². The van der Waals surface area contributed by atoms with Gasteiger partial charge in [-0.3, -0.25) is 9.89 Å². The average molecular weight is 384 g/mol. The van der Waals surface area contributed by atoms with Crippen LogP contribution in [0.15, 0.2) is 30.0 Å². The second-order valence-corrected chi connectivity index (χ2v) is 7.30. The Morgan fingerprint density at radius 3 is 2.89 bits per heavy atom. The van der Waals surface area contributed by atoms with E-state index in [4.69, 9.17) is 11.5 Å². The fourth-order valence-corrected chi connectivity index (χ4v) is 3.78. The number of thiazole rings is 1. The predicted octanol–water partition coefficient (Wildman–Crippen LogP) is 1.69. The molecule has 0 radical (unpaired) electrons. The van der Waals surface area contributed by atoms with Crippen molar-refractivity contribution >= 4 is 34.4 Å². The van der Waals surface area contributed by atoms with Gasteiger partial charge in [0.1, 0.15) is 10.7 Å².